The minimum Gasteiger partial charge on any atom is -0.394 e. The second-order valence-corrected chi connectivity index (χ2v) is 16.9. The maximum atomic E-state index is 12.4. The van der Waals surface area contributed by atoms with E-state index < -0.39 is 12.1 Å². The molecule has 0 aliphatic rings. The van der Waals surface area contributed by atoms with Crippen LogP contribution in [0, 0.1) is 0 Å². The van der Waals surface area contributed by atoms with E-state index in [-0.39, 0.29) is 12.5 Å². The number of amides is 1. The van der Waals surface area contributed by atoms with Gasteiger partial charge in [-0.1, -0.05) is 229 Å². The quantitative estimate of drug-likeness (QED) is 0.0425. The number of carbonyl (C=O) groups excluding carboxylic acids is 1. The maximum absolute atomic E-state index is 12.4. The molecule has 0 spiro atoms. The molecule has 0 saturated heterocycles. The monoisotopic (exact) mass is 796 g/mol. The Morgan fingerprint density at radius 2 is 0.737 bits per heavy atom. The molecule has 2 atom stereocenters. The average Bonchev–Trinajstić information content (AvgIpc) is 3.22. The first-order valence-electron chi connectivity index (χ1n) is 25.0. The van der Waals surface area contributed by atoms with E-state index >= 15 is 0 Å². The third kappa shape index (κ3) is 45.0. The third-order valence-corrected chi connectivity index (χ3v) is 11.2. The highest BCUT2D eigenvalue weighted by Gasteiger charge is 2.17. The molecule has 2 unspecified atom stereocenters. The van der Waals surface area contributed by atoms with E-state index in [1.807, 2.05) is 6.08 Å². The molecule has 0 aromatic carbocycles. The first kappa shape index (κ1) is 55.1. The molecule has 4 nitrogen and oxygen atoms in total. The van der Waals surface area contributed by atoms with Gasteiger partial charge in [0.25, 0.3) is 0 Å². The second-order valence-electron chi connectivity index (χ2n) is 16.9. The fourth-order valence-corrected chi connectivity index (χ4v) is 7.36. The summed E-state index contributed by atoms with van der Waals surface area (Å²) < 4.78 is 0. The Kier molecular flexibility index (Phi) is 46.8. The SMILES string of the molecule is CCCCCC/C=C\C/C=C\CCCCCCCC(=O)NC(CO)C(O)/C=C/CC/C=C/CC/C=C/CCCCCCCCCCCCCCCCCCCCC. The van der Waals surface area contributed by atoms with Gasteiger partial charge >= 0.3 is 0 Å². The first-order chi connectivity index (χ1) is 28.2. The third-order valence-electron chi connectivity index (χ3n) is 11.2. The van der Waals surface area contributed by atoms with Gasteiger partial charge in [-0.25, -0.2) is 0 Å². The van der Waals surface area contributed by atoms with E-state index in [2.05, 4.69) is 67.8 Å². The lowest BCUT2D eigenvalue weighted by Gasteiger charge is -2.19. The number of aliphatic hydroxyl groups excluding tert-OH is 2. The van der Waals surface area contributed by atoms with Crippen LogP contribution in [0.5, 0.6) is 0 Å². The lowest BCUT2D eigenvalue weighted by atomic mass is 10.0. The van der Waals surface area contributed by atoms with Crippen LogP contribution in [-0.2, 0) is 4.79 Å². The number of unbranched alkanes of at least 4 members (excludes halogenated alkanes) is 30. The Hall–Kier alpha value is -1.91. The Labute approximate surface area is 356 Å². The lowest BCUT2D eigenvalue weighted by molar-refractivity contribution is -0.123. The predicted molar refractivity (Wildman–Crippen MR) is 253 cm³/mol. The molecule has 3 N–H and O–H groups in total. The molecule has 0 radical (unpaired) electrons. The molecule has 0 saturated carbocycles. The molecule has 0 aliphatic heterocycles. The lowest BCUT2D eigenvalue weighted by Crippen LogP contribution is -2.45. The van der Waals surface area contributed by atoms with Crippen molar-refractivity contribution in [2.24, 2.45) is 0 Å². The largest absolute Gasteiger partial charge is 0.394 e. The number of rotatable bonds is 45. The van der Waals surface area contributed by atoms with Gasteiger partial charge in [-0.2, -0.15) is 0 Å². The Morgan fingerprint density at radius 1 is 0.421 bits per heavy atom. The van der Waals surface area contributed by atoms with Gasteiger partial charge in [-0.3, -0.25) is 4.79 Å². The molecule has 57 heavy (non-hydrogen) atoms. The number of allylic oxidation sites excluding steroid dienone is 9. The van der Waals surface area contributed by atoms with Crippen molar-refractivity contribution in [3.05, 3.63) is 60.8 Å². The fraction of sp³-hybridized carbons (Fsp3) is 0.792. The van der Waals surface area contributed by atoms with E-state index in [1.165, 1.54) is 173 Å². The van der Waals surface area contributed by atoms with Crippen molar-refractivity contribution >= 4 is 5.91 Å². The zero-order valence-corrected chi connectivity index (χ0v) is 38.1. The van der Waals surface area contributed by atoms with E-state index in [0.717, 1.165) is 57.8 Å². The van der Waals surface area contributed by atoms with Crippen molar-refractivity contribution in [3.8, 4) is 0 Å². The number of hydrogen-bond donors (Lipinski definition) is 3. The van der Waals surface area contributed by atoms with Crippen LogP contribution in [0.3, 0.4) is 0 Å². The van der Waals surface area contributed by atoms with Gasteiger partial charge in [0, 0.05) is 6.42 Å². The van der Waals surface area contributed by atoms with E-state index in [1.54, 1.807) is 6.08 Å². The highest BCUT2D eigenvalue weighted by molar-refractivity contribution is 5.76. The Bertz CT molecular complexity index is 950. The van der Waals surface area contributed by atoms with Crippen LogP contribution >= 0.6 is 0 Å². The van der Waals surface area contributed by atoms with Crippen molar-refractivity contribution < 1.29 is 15.0 Å². The van der Waals surface area contributed by atoms with Crippen LogP contribution in [0.4, 0.5) is 0 Å². The molecule has 1 amide bonds. The van der Waals surface area contributed by atoms with Crippen molar-refractivity contribution in [2.45, 2.75) is 264 Å². The highest BCUT2D eigenvalue weighted by atomic mass is 16.3. The second kappa shape index (κ2) is 48.5. The summed E-state index contributed by atoms with van der Waals surface area (Å²) >= 11 is 0. The van der Waals surface area contributed by atoms with Crippen LogP contribution in [0.25, 0.3) is 0 Å². The van der Waals surface area contributed by atoms with Crippen LogP contribution in [0.1, 0.15) is 251 Å². The number of hydrogen-bond acceptors (Lipinski definition) is 3. The molecule has 4 heteroatoms. The van der Waals surface area contributed by atoms with Crippen LogP contribution in [-0.4, -0.2) is 34.9 Å². The van der Waals surface area contributed by atoms with Crippen molar-refractivity contribution in [2.75, 3.05) is 6.61 Å². The summed E-state index contributed by atoms with van der Waals surface area (Å²) in [6, 6.07) is -0.655. The zero-order valence-electron chi connectivity index (χ0n) is 38.1. The molecule has 0 bridgehead atoms. The summed E-state index contributed by atoms with van der Waals surface area (Å²) in [5, 5.41) is 23.0. The normalized spacial score (nSPS) is 13.4. The van der Waals surface area contributed by atoms with Gasteiger partial charge in [0.1, 0.15) is 0 Å². The minimum atomic E-state index is -0.878. The number of nitrogens with one attached hydrogen (secondary N) is 1. The van der Waals surface area contributed by atoms with Crippen LogP contribution in [0.2, 0.25) is 0 Å². The molecule has 0 fully saturated rings. The zero-order chi connectivity index (χ0) is 41.4. The minimum absolute atomic E-state index is 0.0922. The average molecular weight is 796 g/mol. The molecule has 0 rings (SSSR count). The van der Waals surface area contributed by atoms with Gasteiger partial charge in [-0.15, -0.1) is 0 Å². The van der Waals surface area contributed by atoms with Crippen molar-refractivity contribution in [1.29, 1.82) is 0 Å². The summed E-state index contributed by atoms with van der Waals surface area (Å²) in [7, 11) is 0. The Balaban J connectivity index is 3.60. The van der Waals surface area contributed by atoms with Crippen molar-refractivity contribution in [3.63, 3.8) is 0 Å². The predicted octanol–water partition coefficient (Wildman–Crippen LogP) is 16.1. The molecule has 0 aliphatic carbocycles. The molecule has 332 valence electrons. The standard InChI is InChI=1S/C53H97NO3/c1-3-5-7-9-11-13-15-17-19-21-22-23-24-25-26-27-28-29-30-31-32-33-34-36-38-40-42-44-46-48-52(56)51(50-55)54-53(57)49-47-45-43-41-39-37-35-20-18-16-14-12-10-8-6-4-2/h14,16,20,32-33,35,38,40,46,48,51-52,55-56H,3-13,15,17-19,21-31,34,36-37,39,41-45,47,49-50H2,1-2H3,(H,54,57)/b16-14-,33-32+,35-20-,40-38+,48-46+. The number of carbonyl (C=O) groups is 1. The van der Waals surface area contributed by atoms with Gasteiger partial charge in [0.05, 0.1) is 18.8 Å². The topological polar surface area (TPSA) is 69.6 Å². The molecular weight excluding hydrogens is 699 g/mol. The summed E-state index contributed by atoms with van der Waals surface area (Å²) in [4.78, 5) is 12.4. The summed E-state index contributed by atoms with van der Waals surface area (Å²) in [5.41, 5.74) is 0. The fourth-order valence-electron chi connectivity index (χ4n) is 7.36. The van der Waals surface area contributed by atoms with E-state index in [0.29, 0.717) is 6.42 Å². The summed E-state index contributed by atoms with van der Waals surface area (Å²) in [5.74, 6) is -0.0922. The van der Waals surface area contributed by atoms with Gasteiger partial charge in [-0.05, 0) is 77.0 Å². The number of aliphatic hydroxyl groups is 2. The first-order valence-corrected chi connectivity index (χ1v) is 25.0. The van der Waals surface area contributed by atoms with Gasteiger partial charge in [0.2, 0.25) is 5.91 Å². The molecule has 0 heterocycles. The molecule has 0 aromatic heterocycles. The van der Waals surface area contributed by atoms with Crippen LogP contribution < -0.4 is 5.32 Å². The molecular formula is C53H97NO3. The van der Waals surface area contributed by atoms with Gasteiger partial charge in [0.15, 0.2) is 0 Å². The summed E-state index contributed by atoms with van der Waals surface area (Å²) in [6.07, 6.45) is 67.9. The smallest absolute Gasteiger partial charge is 0.220 e. The van der Waals surface area contributed by atoms with Crippen molar-refractivity contribution in [1.82, 2.24) is 5.32 Å². The molecule has 0 aromatic rings. The highest BCUT2D eigenvalue weighted by Crippen LogP contribution is 2.15. The van der Waals surface area contributed by atoms with E-state index in [4.69, 9.17) is 0 Å². The summed E-state index contributed by atoms with van der Waals surface area (Å²) in [6.45, 7) is 4.28. The van der Waals surface area contributed by atoms with Crippen LogP contribution in [0.15, 0.2) is 60.8 Å². The van der Waals surface area contributed by atoms with E-state index in [9.17, 15) is 15.0 Å². The Morgan fingerprint density at radius 3 is 1.14 bits per heavy atom. The maximum Gasteiger partial charge on any atom is 0.220 e. The van der Waals surface area contributed by atoms with Gasteiger partial charge < -0.3 is 15.5 Å².